The molecule has 1 aromatic carbocycles. The Balaban J connectivity index is 2.74. The third-order valence-electron chi connectivity index (χ3n) is 2.53. The van der Waals surface area contributed by atoms with Gasteiger partial charge in [0.2, 0.25) is 0 Å². The quantitative estimate of drug-likeness (QED) is 0.620. The van der Waals surface area contributed by atoms with Gasteiger partial charge in [-0.3, -0.25) is 0 Å². The molecule has 0 aliphatic carbocycles. The van der Waals surface area contributed by atoms with Crippen molar-refractivity contribution >= 4 is 15.9 Å². The highest BCUT2D eigenvalue weighted by molar-refractivity contribution is 9.09. The van der Waals surface area contributed by atoms with Gasteiger partial charge < -0.3 is 9.47 Å². The van der Waals surface area contributed by atoms with Crippen LogP contribution in [0.3, 0.4) is 0 Å². The molecular formula is C15H23BrO2. The molecule has 0 saturated heterocycles. The van der Waals surface area contributed by atoms with E-state index in [2.05, 4.69) is 41.9 Å². The second-order valence-electron chi connectivity index (χ2n) is 4.27. The Morgan fingerprint density at radius 1 is 1.00 bits per heavy atom. The summed E-state index contributed by atoms with van der Waals surface area (Å²) in [6.45, 7) is 5.70. The Bertz CT molecular complexity index is 339. The third kappa shape index (κ3) is 5.30. The predicted octanol–water partition coefficient (Wildman–Crippen LogP) is 4.59. The fraction of sp³-hybridized carbons (Fsp3) is 0.600. The van der Waals surface area contributed by atoms with Crippen LogP contribution >= 0.6 is 15.9 Å². The zero-order valence-corrected chi connectivity index (χ0v) is 13.0. The zero-order valence-electron chi connectivity index (χ0n) is 11.4. The number of aryl methyl sites for hydroxylation is 1. The van der Waals surface area contributed by atoms with Crippen LogP contribution in [-0.2, 0) is 6.42 Å². The number of benzene rings is 1. The molecule has 0 aliphatic rings. The maximum Gasteiger partial charge on any atom is 0.161 e. The maximum atomic E-state index is 5.77. The lowest BCUT2D eigenvalue weighted by molar-refractivity contribution is 0.268. The van der Waals surface area contributed by atoms with Gasteiger partial charge in [-0.05, 0) is 43.4 Å². The van der Waals surface area contributed by atoms with E-state index >= 15 is 0 Å². The minimum atomic E-state index is 0.739. The van der Waals surface area contributed by atoms with Crippen molar-refractivity contribution in [1.82, 2.24) is 0 Å². The van der Waals surface area contributed by atoms with Crippen LogP contribution in [0.15, 0.2) is 18.2 Å². The number of hydrogen-bond donors (Lipinski definition) is 0. The van der Waals surface area contributed by atoms with E-state index in [4.69, 9.17) is 9.47 Å². The number of halogens is 1. The fourth-order valence-electron chi connectivity index (χ4n) is 1.64. The van der Waals surface area contributed by atoms with Gasteiger partial charge in [0.25, 0.3) is 0 Å². The summed E-state index contributed by atoms with van der Waals surface area (Å²) >= 11 is 3.46. The van der Waals surface area contributed by atoms with Gasteiger partial charge in [0.1, 0.15) is 0 Å². The summed E-state index contributed by atoms with van der Waals surface area (Å²) in [6.07, 6.45) is 4.24. The molecule has 0 radical (unpaired) electrons. The SMILES string of the molecule is CCCOc1ccc(CCCBr)cc1OCCC. The van der Waals surface area contributed by atoms with Gasteiger partial charge in [-0.15, -0.1) is 0 Å². The Kier molecular flexibility index (Phi) is 7.90. The van der Waals surface area contributed by atoms with Crippen molar-refractivity contribution in [2.24, 2.45) is 0 Å². The summed E-state index contributed by atoms with van der Waals surface area (Å²) in [6, 6.07) is 6.28. The Labute approximate surface area is 119 Å². The first-order valence-corrected chi connectivity index (χ1v) is 7.88. The molecule has 1 rings (SSSR count). The highest BCUT2D eigenvalue weighted by Crippen LogP contribution is 2.29. The first kappa shape index (κ1) is 15.4. The first-order chi connectivity index (χ1) is 8.81. The van der Waals surface area contributed by atoms with Crippen molar-refractivity contribution in [1.29, 1.82) is 0 Å². The Morgan fingerprint density at radius 2 is 1.67 bits per heavy atom. The number of alkyl halides is 1. The molecular weight excluding hydrogens is 292 g/mol. The summed E-state index contributed by atoms with van der Waals surface area (Å²) in [7, 11) is 0. The van der Waals surface area contributed by atoms with Gasteiger partial charge in [-0.25, -0.2) is 0 Å². The molecule has 0 saturated carbocycles. The van der Waals surface area contributed by atoms with Crippen LogP contribution in [0, 0.1) is 0 Å². The van der Waals surface area contributed by atoms with Crippen LogP contribution in [0.1, 0.15) is 38.7 Å². The summed E-state index contributed by atoms with van der Waals surface area (Å²) in [4.78, 5) is 0. The van der Waals surface area contributed by atoms with E-state index in [1.807, 2.05) is 6.07 Å². The molecule has 0 unspecified atom stereocenters. The average Bonchev–Trinajstić information content (AvgIpc) is 2.41. The van der Waals surface area contributed by atoms with Gasteiger partial charge in [0, 0.05) is 5.33 Å². The van der Waals surface area contributed by atoms with Gasteiger partial charge in [0.15, 0.2) is 11.5 Å². The minimum Gasteiger partial charge on any atom is -0.490 e. The topological polar surface area (TPSA) is 18.5 Å². The van der Waals surface area contributed by atoms with Crippen molar-refractivity contribution in [2.45, 2.75) is 39.5 Å². The highest BCUT2D eigenvalue weighted by Gasteiger charge is 2.06. The van der Waals surface area contributed by atoms with Crippen molar-refractivity contribution in [2.75, 3.05) is 18.5 Å². The fourth-order valence-corrected chi connectivity index (χ4v) is 1.92. The molecule has 0 heterocycles. The van der Waals surface area contributed by atoms with E-state index in [9.17, 15) is 0 Å². The van der Waals surface area contributed by atoms with Gasteiger partial charge in [0.05, 0.1) is 13.2 Å². The lowest BCUT2D eigenvalue weighted by Crippen LogP contribution is -2.02. The Hall–Kier alpha value is -0.700. The van der Waals surface area contributed by atoms with E-state index in [1.54, 1.807) is 0 Å². The molecule has 0 atom stereocenters. The van der Waals surface area contributed by atoms with Crippen LogP contribution in [0.4, 0.5) is 0 Å². The lowest BCUT2D eigenvalue weighted by Gasteiger charge is -2.13. The van der Waals surface area contributed by atoms with Gasteiger partial charge >= 0.3 is 0 Å². The molecule has 0 bridgehead atoms. The molecule has 0 fully saturated rings. The van der Waals surface area contributed by atoms with Gasteiger partial charge in [-0.2, -0.15) is 0 Å². The minimum absolute atomic E-state index is 0.739. The molecule has 0 amide bonds. The summed E-state index contributed by atoms with van der Waals surface area (Å²) in [5, 5.41) is 1.03. The van der Waals surface area contributed by atoms with E-state index in [1.165, 1.54) is 5.56 Å². The van der Waals surface area contributed by atoms with Crippen LogP contribution in [0.5, 0.6) is 11.5 Å². The predicted molar refractivity (Wildman–Crippen MR) is 80.1 cm³/mol. The zero-order chi connectivity index (χ0) is 13.2. The number of hydrogen-bond acceptors (Lipinski definition) is 2. The van der Waals surface area contributed by atoms with Crippen molar-refractivity contribution in [3.05, 3.63) is 23.8 Å². The highest BCUT2D eigenvalue weighted by atomic mass is 79.9. The van der Waals surface area contributed by atoms with E-state index < -0.39 is 0 Å². The van der Waals surface area contributed by atoms with E-state index in [0.717, 1.165) is 55.7 Å². The smallest absolute Gasteiger partial charge is 0.161 e. The molecule has 0 aromatic heterocycles. The maximum absolute atomic E-state index is 5.77. The second kappa shape index (κ2) is 9.26. The standard InChI is InChI=1S/C15H23BrO2/c1-3-10-17-14-8-7-13(6-5-9-16)12-15(14)18-11-4-2/h7-8,12H,3-6,9-11H2,1-2H3. The molecule has 102 valence electrons. The molecule has 3 heteroatoms. The van der Waals surface area contributed by atoms with Crippen molar-refractivity contribution in [3.63, 3.8) is 0 Å². The number of ether oxygens (including phenoxy) is 2. The molecule has 0 spiro atoms. The Morgan fingerprint density at radius 3 is 2.28 bits per heavy atom. The van der Waals surface area contributed by atoms with Gasteiger partial charge in [-0.1, -0.05) is 35.8 Å². The van der Waals surface area contributed by atoms with Crippen molar-refractivity contribution < 1.29 is 9.47 Å². The normalized spacial score (nSPS) is 10.4. The molecule has 18 heavy (non-hydrogen) atoms. The second-order valence-corrected chi connectivity index (χ2v) is 5.06. The molecule has 0 N–H and O–H groups in total. The average molecular weight is 315 g/mol. The first-order valence-electron chi connectivity index (χ1n) is 6.76. The van der Waals surface area contributed by atoms with E-state index in [-0.39, 0.29) is 0 Å². The molecule has 0 aliphatic heterocycles. The van der Waals surface area contributed by atoms with Crippen molar-refractivity contribution in [3.8, 4) is 11.5 Å². The summed E-state index contributed by atoms with van der Waals surface area (Å²) < 4.78 is 11.5. The molecule has 1 aromatic rings. The lowest BCUT2D eigenvalue weighted by atomic mass is 10.1. The van der Waals surface area contributed by atoms with Crippen LogP contribution in [-0.4, -0.2) is 18.5 Å². The molecule has 2 nitrogen and oxygen atoms in total. The van der Waals surface area contributed by atoms with Crippen LogP contribution in [0.25, 0.3) is 0 Å². The van der Waals surface area contributed by atoms with Crippen LogP contribution < -0.4 is 9.47 Å². The monoisotopic (exact) mass is 314 g/mol. The summed E-state index contributed by atoms with van der Waals surface area (Å²) in [5.74, 6) is 1.75. The van der Waals surface area contributed by atoms with E-state index in [0.29, 0.717) is 0 Å². The largest absolute Gasteiger partial charge is 0.490 e. The third-order valence-corrected chi connectivity index (χ3v) is 3.09. The van der Waals surface area contributed by atoms with Crippen LogP contribution in [0.2, 0.25) is 0 Å². The summed E-state index contributed by atoms with van der Waals surface area (Å²) in [5.41, 5.74) is 1.31. The number of rotatable bonds is 9.